The third kappa shape index (κ3) is 30.9. The lowest BCUT2D eigenvalue weighted by Gasteiger charge is -2.21. The number of alkyl halides is 9. The summed E-state index contributed by atoms with van der Waals surface area (Å²) in [5.41, 5.74) is 21.4. The Kier molecular flexibility index (Phi) is 36.9. The van der Waals surface area contributed by atoms with Gasteiger partial charge in [0.2, 0.25) is 41.8 Å². The van der Waals surface area contributed by atoms with Gasteiger partial charge in [-0.25, -0.2) is 19.9 Å². The molecule has 7 rings (SSSR count). The number of carboxylic acids is 1. The molecule has 3 aromatic heterocycles. The lowest BCUT2D eigenvalue weighted by Crippen LogP contribution is -2.32. The number of rotatable bonds is 11. The molecular formula is C54H56Cl3F9N10O6. The number of hydrogen-bond acceptors (Lipinski definition) is 15. The number of aromatic nitrogens is 6. The zero-order valence-electron chi connectivity index (χ0n) is 44.8. The van der Waals surface area contributed by atoms with Gasteiger partial charge in [-0.3, -0.25) is 9.59 Å². The lowest BCUT2D eigenvalue weighted by molar-refractivity contribution is -0.206. The molecule has 0 amide bonds. The van der Waals surface area contributed by atoms with Crippen molar-refractivity contribution in [2.24, 2.45) is 5.73 Å². The van der Waals surface area contributed by atoms with Crippen LogP contribution in [0.5, 0.6) is 11.8 Å². The molecule has 28 heteroatoms. The first-order valence-corrected chi connectivity index (χ1v) is 24.8. The molecule has 0 bridgehead atoms. The maximum absolute atomic E-state index is 13.3. The number of carbonyl (C=O) groups excluding carboxylic acids is 1. The van der Waals surface area contributed by atoms with E-state index in [1.807, 2.05) is 55.4 Å². The second-order valence-electron chi connectivity index (χ2n) is 13.7. The van der Waals surface area contributed by atoms with Crippen LogP contribution in [0.3, 0.4) is 0 Å². The average Bonchev–Trinajstić information content (AvgIpc) is 3.50. The van der Waals surface area contributed by atoms with Crippen LogP contribution in [-0.4, -0.2) is 76.9 Å². The smallest absolute Gasteiger partial charge is 0.429 e. The maximum atomic E-state index is 13.3. The van der Waals surface area contributed by atoms with Crippen molar-refractivity contribution in [3.05, 3.63) is 183 Å². The minimum absolute atomic E-state index is 0.0475. The minimum atomic E-state index is -4.73. The monoisotopic (exact) mass is 1220 g/mol. The number of hydrogen-bond donors (Lipinski definition) is 6. The van der Waals surface area contributed by atoms with Gasteiger partial charge in [-0.05, 0) is 78.4 Å². The van der Waals surface area contributed by atoms with E-state index in [0.29, 0.717) is 5.56 Å². The van der Waals surface area contributed by atoms with Crippen LogP contribution in [0.4, 0.5) is 57.4 Å². The van der Waals surface area contributed by atoms with Crippen molar-refractivity contribution >= 4 is 64.9 Å². The van der Waals surface area contributed by atoms with Gasteiger partial charge in [0, 0.05) is 41.3 Å². The van der Waals surface area contributed by atoms with E-state index < -0.39 is 54.7 Å². The zero-order valence-corrected chi connectivity index (χ0v) is 47.1. The Hall–Kier alpha value is -8.30. The quantitative estimate of drug-likeness (QED) is 0.0399. The number of nitrogens with two attached hydrogens (primary N) is 4. The van der Waals surface area contributed by atoms with Crippen LogP contribution < -0.4 is 32.4 Å². The van der Waals surface area contributed by atoms with E-state index in [1.165, 1.54) is 36.4 Å². The van der Waals surface area contributed by atoms with Gasteiger partial charge in [-0.15, -0.1) is 0 Å². The summed E-state index contributed by atoms with van der Waals surface area (Å²) in [7, 11) is 0. The van der Waals surface area contributed by atoms with Crippen LogP contribution in [0.1, 0.15) is 106 Å². The standard InChI is InChI=1S/C15H13F3N4O3.C12H7ClF3N3O.C8H5F3O.C7H4O.C4H3Cl2N3.4C2H6/c16-15(17,18)12(8-4-2-1-3-5-8)25-11-7-9(21-14(20)22-11)6-10(19)13(23)24;13-8-6-9(19-11(17)18-8)20-10(12(14,15)16)7-4-2-1-3-5-7;9-8(10,11)7(12)6-4-2-1-3-5-6;8-6-7-4-2-1-3-5-7;5-2-1-3(6)9-4(7)8-2;4*1-2/h2,4-5,7,10,12H,6,19H2,(H,23,24)(H2,20,21,22);2,4-6,10H,(H2,17,18,19);2,4-5,7,12H;2,4-6H;1H,(H2,7,8,9);4*1-2H3/t10-,12?;;;;;;;;/m0......../s1. The Labute approximate surface area is 484 Å². The summed E-state index contributed by atoms with van der Waals surface area (Å²) in [5, 5.41) is 17.9. The van der Waals surface area contributed by atoms with Crippen LogP contribution in [0.2, 0.25) is 15.5 Å². The summed E-state index contributed by atoms with van der Waals surface area (Å²) >= 11 is 16.5. The summed E-state index contributed by atoms with van der Waals surface area (Å²) in [5.74, 6) is -2.65. The van der Waals surface area contributed by atoms with Crippen molar-refractivity contribution in [2.75, 3.05) is 17.2 Å². The fourth-order valence-electron chi connectivity index (χ4n) is 4.93. The third-order valence-corrected chi connectivity index (χ3v) is 8.63. The summed E-state index contributed by atoms with van der Waals surface area (Å²) in [6.07, 6.45) is -20.4. The average molecular weight is 1220 g/mol. The molecule has 0 spiro atoms. The third-order valence-electron chi connectivity index (χ3n) is 8.05. The second kappa shape index (κ2) is 40.0. The van der Waals surface area contributed by atoms with Crippen molar-refractivity contribution in [3.63, 3.8) is 0 Å². The molecule has 82 heavy (non-hydrogen) atoms. The highest BCUT2D eigenvalue weighted by Crippen LogP contribution is 2.38. The molecular weight excluding hydrogens is 1160 g/mol. The molecule has 3 unspecified atom stereocenters. The molecule has 0 aliphatic carbocycles. The zero-order chi connectivity index (χ0) is 63.2. The van der Waals surface area contributed by atoms with Gasteiger partial charge in [0.1, 0.15) is 21.5 Å². The molecule has 4 aromatic carbocycles. The normalized spacial score (nSPS) is 11.3. The summed E-state index contributed by atoms with van der Waals surface area (Å²) < 4.78 is 124. The number of nitrogens with zero attached hydrogens (tertiary/aromatic N) is 6. The Morgan fingerprint density at radius 1 is 0.549 bits per heavy atom. The molecule has 10 N–H and O–H groups in total. The van der Waals surface area contributed by atoms with E-state index in [1.54, 1.807) is 18.2 Å². The fourth-order valence-corrected chi connectivity index (χ4v) is 5.55. The van der Waals surface area contributed by atoms with E-state index in [-0.39, 0.29) is 68.0 Å². The molecule has 16 nitrogen and oxygen atoms in total. The number of carbonyl (C=O) groups is 2. The number of aldehydes is 1. The lowest BCUT2D eigenvalue weighted by atomic mass is 10.1. The second-order valence-corrected chi connectivity index (χ2v) is 14.8. The Morgan fingerprint density at radius 3 is 1.21 bits per heavy atom. The molecule has 0 radical (unpaired) electrons. The fraction of sp³-hybridized carbons (Fsp3) is 0.296. The molecule has 0 aliphatic rings. The van der Waals surface area contributed by atoms with E-state index in [4.69, 9.17) is 77.4 Å². The number of nitrogen functional groups attached to an aromatic ring is 3. The molecule has 0 saturated carbocycles. The van der Waals surface area contributed by atoms with Crippen LogP contribution in [0.15, 0.2) is 91.0 Å². The van der Waals surface area contributed by atoms with Gasteiger partial charge in [0.05, 0.1) is 5.69 Å². The first kappa shape index (κ1) is 75.8. The van der Waals surface area contributed by atoms with E-state index >= 15 is 0 Å². The van der Waals surface area contributed by atoms with Gasteiger partial charge >= 0.3 is 24.5 Å². The molecule has 0 saturated heterocycles. The van der Waals surface area contributed by atoms with Crippen molar-refractivity contribution in [3.8, 4) is 11.8 Å². The van der Waals surface area contributed by atoms with Gasteiger partial charge < -0.3 is 42.6 Å². The Bertz CT molecular complexity index is 2750. The molecule has 442 valence electrons. The minimum Gasteiger partial charge on any atom is -0.480 e. The summed E-state index contributed by atoms with van der Waals surface area (Å²) in [6.45, 7) is 16.0. The van der Waals surface area contributed by atoms with Crippen LogP contribution in [0.25, 0.3) is 0 Å². The SMILES string of the molecule is CC.CC.CC.CC.Nc1nc(C[C@H](N)C(=O)O)cc(OC(c2cc#ccc2)C(F)(F)F)n1.Nc1nc(Cl)cc(Cl)n1.Nc1nc(Cl)cc(OC(c2cc#ccc2)C(F)(F)F)n1.O=Cc1cc#ccc1.OC(c1cc#ccc1)C(F)(F)F. The predicted molar refractivity (Wildman–Crippen MR) is 291 cm³/mol. The molecule has 3 heterocycles. The first-order valence-electron chi connectivity index (χ1n) is 23.7. The number of aliphatic hydroxyl groups is 1. The largest absolute Gasteiger partial charge is 0.480 e. The molecule has 7 aromatic rings. The topological polar surface area (TPSA) is 274 Å². The number of aliphatic carboxylic acids is 1. The Balaban J connectivity index is 0. The van der Waals surface area contributed by atoms with Gasteiger partial charge in [0.15, 0.2) is 12.4 Å². The highest BCUT2D eigenvalue weighted by molar-refractivity contribution is 6.33. The number of carboxylic acid groups (broad SMARTS) is 1. The van der Waals surface area contributed by atoms with Gasteiger partial charge in [-0.2, -0.15) is 49.5 Å². The van der Waals surface area contributed by atoms with Crippen molar-refractivity contribution in [2.45, 2.75) is 105 Å². The molecule has 0 aliphatic heterocycles. The molecule has 4 atom stereocenters. The van der Waals surface area contributed by atoms with Crippen molar-refractivity contribution in [1.29, 1.82) is 0 Å². The van der Waals surface area contributed by atoms with Gasteiger partial charge in [-0.1, -0.05) is 139 Å². The molecule has 0 fully saturated rings. The van der Waals surface area contributed by atoms with Crippen molar-refractivity contribution in [1.82, 2.24) is 29.9 Å². The number of aliphatic hydroxyl groups excluding tert-OH is 1. The van der Waals surface area contributed by atoms with E-state index in [2.05, 4.69) is 78.4 Å². The van der Waals surface area contributed by atoms with E-state index in [9.17, 15) is 49.1 Å². The van der Waals surface area contributed by atoms with Crippen LogP contribution in [0, 0.1) is 48.5 Å². The van der Waals surface area contributed by atoms with Crippen LogP contribution >= 0.6 is 34.8 Å². The van der Waals surface area contributed by atoms with Crippen molar-refractivity contribution < 1.29 is 68.8 Å². The maximum Gasteiger partial charge on any atom is 0.429 e. The predicted octanol–water partition coefficient (Wildman–Crippen LogP) is 12.7. The highest BCUT2D eigenvalue weighted by Gasteiger charge is 2.44. The summed E-state index contributed by atoms with van der Waals surface area (Å²) in [4.78, 5) is 42.4. The Morgan fingerprint density at radius 2 is 0.902 bits per heavy atom. The summed E-state index contributed by atoms with van der Waals surface area (Å²) in [6, 6.07) is 37.8. The first-order chi connectivity index (χ1) is 38.7. The van der Waals surface area contributed by atoms with Gasteiger partial charge in [0.25, 0.3) is 0 Å². The number of halogens is 12. The number of anilines is 3. The van der Waals surface area contributed by atoms with E-state index in [0.717, 1.165) is 42.7 Å². The number of ether oxygens (including phenoxy) is 2. The highest BCUT2D eigenvalue weighted by atomic mass is 35.5. The van der Waals surface area contributed by atoms with Crippen LogP contribution in [-0.2, 0) is 11.2 Å².